The second kappa shape index (κ2) is 6.87. The third-order valence-corrected chi connectivity index (χ3v) is 6.14. The molecule has 0 unspecified atom stereocenters. The fourth-order valence-electron chi connectivity index (χ4n) is 4.40. The number of carbonyl (C=O) groups is 1. The van der Waals surface area contributed by atoms with Gasteiger partial charge in [-0.25, -0.2) is 18.7 Å². The van der Waals surface area contributed by atoms with Crippen LogP contribution in [0.25, 0.3) is 11.4 Å². The Hall–Kier alpha value is -4.25. The van der Waals surface area contributed by atoms with Crippen molar-refractivity contribution in [1.82, 2.24) is 19.3 Å². The van der Waals surface area contributed by atoms with Gasteiger partial charge in [0.05, 0.1) is 17.6 Å². The van der Waals surface area contributed by atoms with Crippen LogP contribution < -0.4 is 4.90 Å². The molecule has 0 bridgehead atoms. The predicted octanol–water partition coefficient (Wildman–Crippen LogP) is 4.13. The minimum Gasteiger partial charge on any atom is -0.293 e. The zero-order chi connectivity index (χ0) is 22.7. The van der Waals surface area contributed by atoms with Crippen molar-refractivity contribution < 1.29 is 13.6 Å². The number of hydrogen-bond acceptors (Lipinski definition) is 3. The second-order valence-electron chi connectivity index (χ2n) is 8.20. The highest BCUT2D eigenvalue weighted by Crippen LogP contribution is 2.56. The number of imidazole rings is 1. The number of rotatable bonds is 2. The molecule has 1 amide bonds. The zero-order valence-electron chi connectivity index (χ0n) is 17.6. The van der Waals surface area contributed by atoms with Crippen LogP contribution in [-0.4, -0.2) is 25.2 Å². The van der Waals surface area contributed by atoms with E-state index in [1.165, 1.54) is 0 Å². The monoisotopic (exact) mass is 441 g/mol. The maximum Gasteiger partial charge on any atom is 0.260 e. The predicted molar refractivity (Wildman–Crippen MR) is 118 cm³/mol. The average Bonchev–Trinajstić information content (AvgIpc) is 3.22. The van der Waals surface area contributed by atoms with Gasteiger partial charge in [0, 0.05) is 24.4 Å². The van der Waals surface area contributed by atoms with Crippen LogP contribution in [-0.2, 0) is 17.4 Å². The maximum atomic E-state index is 15.2. The van der Waals surface area contributed by atoms with E-state index in [-0.39, 0.29) is 17.4 Å². The third kappa shape index (κ3) is 2.82. The number of halogens is 2. The molecule has 3 heterocycles. The lowest BCUT2D eigenvalue weighted by Gasteiger charge is -2.17. The SMILES string of the molecule is Cn1nccc1-c1cnc2n1C1(CC1)C(=O)N2c1c(F)cc(C#Cc2ccccc2)cc1F. The largest absolute Gasteiger partial charge is 0.293 e. The van der Waals surface area contributed by atoms with Crippen molar-refractivity contribution in [2.45, 2.75) is 18.4 Å². The van der Waals surface area contributed by atoms with Crippen molar-refractivity contribution >= 4 is 17.5 Å². The Morgan fingerprint density at radius 3 is 2.30 bits per heavy atom. The molecule has 1 saturated carbocycles. The molecule has 8 heteroatoms. The van der Waals surface area contributed by atoms with E-state index in [0.717, 1.165) is 28.3 Å². The first kappa shape index (κ1) is 19.4. The summed E-state index contributed by atoms with van der Waals surface area (Å²) >= 11 is 0. The van der Waals surface area contributed by atoms with Crippen molar-refractivity contribution in [3.8, 4) is 23.2 Å². The van der Waals surface area contributed by atoms with E-state index in [1.807, 2.05) is 36.4 Å². The number of amides is 1. The summed E-state index contributed by atoms with van der Waals surface area (Å²) in [5.41, 5.74) is 1.07. The number of hydrogen-bond donors (Lipinski definition) is 0. The van der Waals surface area contributed by atoms with Gasteiger partial charge in [0.25, 0.3) is 5.91 Å². The highest BCUT2D eigenvalue weighted by molar-refractivity contribution is 6.09. The standard InChI is InChI=1S/C25H17F2N5O/c1-30-20(9-12-29-30)21-15-28-24-31(23(33)25(10-11-25)32(21)24)22-18(26)13-17(14-19(22)27)8-7-16-5-3-2-4-6-16/h2-6,9,12-15H,10-11H2,1H3. The van der Waals surface area contributed by atoms with Crippen LogP contribution in [0.15, 0.2) is 60.9 Å². The molecule has 162 valence electrons. The summed E-state index contributed by atoms with van der Waals surface area (Å²) in [5.74, 6) is 3.76. The van der Waals surface area contributed by atoms with E-state index in [9.17, 15) is 4.79 Å². The minimum atomic E-state index is -0.866. The van der Waals surface area contributed by atoms with Crippen LogP contribution in [0.2, 0.25) is 0 Å². The lowest BCUT2D eigenvalue weighted by Crippen LogP contribution is -2.31. The summed E-state index contributed by atoms with van der Waals surface area (Å²) in [6, 6.07) is 13.3. The molecule has 2 aliphatic rings. The van der Waals surface area contributed by atoms with Gasteiger partial charge < -0.3 is 0 Å². The molecule has 2 aromatic heterocycles. The van der Waals surface area contributed by atoms with Gasteiger partial charge in [0.2, 0.25) is 5.95 Å². The summed E-state index contributed by atoms with van der Waals surface area (Å²) < 4.78 is 33.9. The van der Waals surface area contributed by atoms with Crippen LogP contribution in [0.4, 0.5) is 20.4 Å². The number of carbonyl (C=O) groups excluding carboxylic acids is 1. The average molecular weight is 441 g/mol. The van der Waals surface area contributed by atoms with E-state index in [1.54, 1.807) is 28.7 Å². The number of aromatic nitrogens is 4. The summed E-state index contributed by atoms with van der Waals surface area (Å²) in [7, 11) is 1.79. The highest BCUT2D eigenvalue weighted by atomic mass is 19.1. The van der Waals surface area contributed by atoms with Gasteiger partial charge in [-0.1, -0.05) is 30.0 Å². The molecule has 33 heavy (non-hydrogen) atoms. The topological polar surface area (TPSA) is 56.0 Å². The van der Waals surface area contributed by atoms with Gasteiger partial charge in [-0.2, -0.15) is 5.10 Å². The third-order valence-electron chi connectivity index (χ3n) is 6.14. The van der Waals surface area contributed by atoms with Gasteiger partial charge in [-0.3, -0.25) is 14.0 Å². The summed E-state index contributed by atoms with van der Waals surface area (Å²) in [6.45, 7) is 0. The Morgan fingerprint density at radius 1 is 0.970 bits per heavy atom. The number of nitrogens with zero attached hydrogens (tertiary/aromatic N) is 5. The van der Waals surface area contributed by atoms with Crippen LogP contribution in [0.1, 0.15) is 24.0 Å². The molecule has 1 aliphatic heterocycles. The summed E-state index contributed by atoms with van der Waals surface area (Å²) in [5, 5.41) is 4.18. The van der Waals surface area contributed by atoms with Gasteiger partial charge in [0.15, 0.2) is 11.6 Å². The van der Waals surface area contributed by atoms with E-state index in [2.05, 4.69) is 21.9 Å². The molecular weight excluding hydrogens is 424 g/mol. The molecule has 0 radical (unpaired) electrons. The zero-order valence-corrected chi connectivity index (χ0v) is 17.6. The lowest BCUT2D eigenvalue weighted by molar-refractivity contribution is -0.120. The van der Waals surface area contributed by atoms with Crippen molar-refractivity contribution in [2.75, 3.05) is 4.90 Å². The van der Waals surface area contributed by atoms with Crippen molar-refractivity contribution in [3.05, 3.63) is 83.7 Å². The number of aryl methyl sites for hydroxylation is 1. The molecule has 0 atom stereocenters. The van der Waals surface area contributed by atoms with E-state index in [4.69, 9.17) is 0 Å². The summed E-state index contributed by atoms with van der Waals surface area (Å²) in [4.78, 5) is 18.8. The first-order valence-corrected chi connectivity index (χ1v) is 10.5. The van der Waals surface area contributed by atoms with E-state index >= 15 is 8.78 Å². The van der Waals surface area contributed by atoms with Crippen molar-refractivity contribution in [3.63, 3.8) is 0 Å². The number of anilines is 2. The Morgan fingerprint density at radius 2 is 1.67 bits per heavy atom. The summed E-state index contributed by atoms with van der Waals surface area (Å²) in [6.07, 6.45) is 4.43. The lowest BCUT2D eigenvalue weighted by atomic mass is 10.1. The normalized spacial score (nSPS) is 15.5. The van der Waals surface area contributed by atoms with Crippen LogP contribution in [0.5, 0.6) is 0 Å². The maximum absolute atomic E-state index is 15.2. The highest BCUT2D eigenvalue weighted by Gasteiger charge is 2.62. The molecule has 0 saturated heterocycles. The van der Waals surface area contributed by atoms with Crippen LogP contribution in [0.3, 0.4) is 0 Å². The number of benzene rings is 2. The van der Waals surface area contributed by atoms with Crippen LogP contribution >= 0.6 is 0 Å². The Kier molecular flexibility index (Phi) is 4.05. The van der Waals surface area contributed by atoms with Crippen molar-refractivity contribution in [2.24, 2.45) is 7.05 Å². The van der Waals surface area contributed by atoms with Gasteiger partial charge in [-0.15, -0.1) is 0 Å². The smallest absolute Gasteiger partial charge is 0.260 e. The Balaban J connectivity index is 1.44. The Labute approximate surface area is 188 Å². The van der Waals surface area contributed by atoms with Crippen LogP contribution in [0, 0.1) is 23.5 Å². The van der Waals surface area contributed by atoms with Crippen molar-refractivity contribution in [1.29, 1.82) is 0 Å². The molecule has 4 aromatic rings. The first-order valence-electron chi connectivity index (χ1n) is 10.5. The quantitative estimate of drug-likeness (QED) is 0.440. The van der Waals surface area contributed by atoms with Gasteiger partial charge in [-0.05, 0) is 43.2 Å². The molecule has 2 aromatic carbocycles. The molecular formula is C25H17F2N5O. The molecule has 1 aliphatic carbocycles. The molecule has 0 N–H and O–H groups in total. The molecule has 1 fully saturated rings. The van der Waals surface area contributed by atoms with E-state index in [0.29, 0.717) is 18.5 Å². The Bertz CT molecular complexity index is 1460. The van der Waals surface area contributed by atoms with Gasteiger partial charge >= 0.3 is 0 Å². The van der Waals surface area contributed by atoms with Gasteiger partial charge in [0.1, 0.15) is 11.2 Å². The molecule has 6 nitrogen and oxygen atoms in total. The first-order chi connectivity index (χ1) is 16.0. The fraction of sp³-hybridized carbons (Fsp3) is 0.160. The van der Waals surface area contributed by atoms with E-state index < -0.39 is 22.9 Å². The second-order valence-corrected chi connectivity index (χ2v) is 8.20. The molecule has 6 rings (SSSR count). The fourth-order valence-corrected chi connectivity index (χ4v) is 4.40. The molecule has 1 spiro atoms. The minimum absolute atomic E-state index is 0.185. The number of fused-ring (bicyclic) bond motifs is 2.